The highest BCUT2D eigenvalue weighted by Crippen LogP contribution is 2.28. The Morgan fingerprint density at radius 3 is 3.06 bits per heavy atom. The number of hydrogen-bond acceptors (Lipinski definition) is 5. The quantitative estimate of drug-likeness (QED) is 0.924. The van der Waals surface area contributed by atoms with Crippen molar-refractivity contribution in [1.82, 2.24) is 20.2 Å². The van der Waals surface area contributed by atoms with Gasteiger partial charge in [-0.05, 0) is 39.3 Å². The van der Waals surface area contributed by atoms with Gasteiger partial charge in [-0.2, -0.15) is 0 Å². The van der Waals surface area contributed by atoms with Crippen molar-refractivity contribution in [3.05, 3.63) is 17.0 Å². The zero-order chi connectivity index (χ0) is 12.4. The minimum Gasteiger partial charge on any atom is -0.481 e. The van der Waals surface area contributed by atoms with Crippen molar-refractivity contribution >= 4 is 21.9 Å². The molecule has 1 atom stereocenters. The molecule has 0 fully saturated rings. The third-order valence-electron chi connectivity index (χ3n) is 2.24. The Hall–Kier alpha value is -1.70. The number of hydrogen-bond donors (Lipinski definition) is 1. The van der Waals surface area contributed by atoms with E-state index < -0.39 is 5.97 Å². The van der Waals surface area contributed by atoms with Gasteiger partial charge in [-0.1, -0.05) is 0 Å². The van der Waals surface area contributed by atoms with Crippen molar-refractivity contribution in [2.24, 2.45) is 0 Å². The normalized spacial score (nSPS) is 12.6. The summed E-state index contributed by atoms with van der Waals surface area (Å²) in [5, 5.41) is 20.0. The van der Waals surface area contributed by atoms with Gasteiger partial charge >= 0.3 is 5.97 Å². The van der Waals surface area contributed by atoms with E-state index in [-0.39, 0.29) is 12.5 Å². The second-order valence-corrected chi connectivity index (χ2v) is 4.22. The number of rotatable bonds is 4. The summed E-state index contributed by atoms with van der Waals surface area (Å²) in [5.74, 6) is -0.426. The number of halogens is 1. The van der Waals surface area contributed by atoms with Crippen LogP contribution in [0.4, 0.5) is 0 Å². The highest BCUT2D eigenvalue weighted by molar-refractivity contribution is 9.10. The average molecular weight is 301 g/mol. The van der Waals surface area contributed by atoms with Crippen LogP contribution in [0.25, 0.3) is 11.4 Å². The van der Waals surface area contributed by atoms with Gasteiger partial charge < -0.3 is 9.52 Å². The lowest BCUT2D eigenvalue weighted by atomic mass is 10.2. The molecule has 2 aromatic heterocycles. The molecular formula is C9H9BrN4O3. The Kier molecular flexibility index (Phi) is 3.23. The molecule has 8 heteroatoms. The fourth-order valence-corrected chi connectivity index (χ4v) is 1.88. The predicted octanol–water partition coefficient (Wildman–Crippen LogP) is 1.73. The first-order valence-corrected chi connectivity index (χ1v) is 5.62. The molecule has 17 heavy (non-hydrogen) atoms. The minimum absolute atomic E-state index is 0.0481. The van der Waals surface area contributed by atoms with Crippen LogP contribution in [0.1, 0.15) is 19.4 Å². The fraction of sp³-hybridized carbons (Fsp3) is 0.333. The number of carbonyl (C=O) groups is 1. The Morgan fingerprint density at radius 1 is 1.71 bits per heavy atom. The Labute approximate surface area is 105 Å². The van der Waals surface area contributed by atoms with Gasteiger partial charge in [0.2, 0.25) is 0 Å². The lowest BCUT2D eigenvalue weighted by Gasteiger charge is -2.09. The van der Waals surface area contributed by atoms with Crippen molar-refractivity contribution in [3.8, 4) is 11.4 Å². The molecule has 0 aliphatic rings. The van der Waals surface area contributed by atoms with Crippen LogP contribution in [-0.4, -0.2) is 31.3 Å². The number of furan rings is 1. The maximum absolute atomic E-state index is 10.7. The first-order chi connectivity index (χ1) is 8.09. The number of carboxylic acid groups (broad SMARTS) is 1. The van der Waals surface area contributed by atoms with Gasteiger partial charge in [0.05, 0.1) is 24.3 Å². The molecule has 0 spiro atoms. The number of tetrazole rings is 1. The Bertz CT molecular complexity index is 536. The molecule has 0 aliphatic heterocycles. The van der Waals surface area contributed by atoms with Crippen molar-refractivity contribution in [1.29, 1.82) is 0 Å². The molecule has 0 amide bonds. The summed E-state index contributed by atoms with van der Waals surface area (Å²) in [6, 6.07) is 1.37. The summed E-state index contributed by atoms with van der Waals surface area (Å²) < 4.78 is 7.07. The Morgan fingerprint density at radius 2 is 2.47 bits per heavy atom. The van der Waals surface area contributed by atoms with Crippen LogP contribution in [0, 0.1) is 0 Å². The van der Waals surface area contributed by atoms with Crippen LogP contribution in [0.2, 0.25) is 0 Å². The third-order valence-corrected chi connectivity index (χ3v) is 2.85. The van der Waals surface area contributed by atoms with Gasteiger partial charge in [0, 0.05) is 0 Å². The molecule has 0 aromatic carbocycles. The zero-order valence-corrected chi connectivity index (χ0v) is 10.5. The second kappa shape index (κ2) is 4.66. The van der Waals surface area contributed by atoms with E-state index in [9.17, 15) is 4.79 Å². The predicted molar refractivity (Wildman–Crippen MR) is 60.2 cm³/mol. The van der Waals surface area contributed by atoms with E-state index in [0.717, 1.165) is 0 Å². The summed E-state index contributed by atoms with van der Waals surface area (Å²) in [7, 11) is 0. The van der Waals surface area contributed by atoms with Crippen LogP contribution in [0.3, 0.4) is 0 Å². The van der Waals surface area contributed by atoms with E-state index in [1.807, 2.05) is 0 Å². The average Bonchev–Trinajstić information content (AvgIpc) is 2.83. The van der Waals surface area contributed by atoms with E-state index in [0.29, 0.717) is 16.1 Å². The minimum atomic E-state index is -0.898. The van der Waals surface area contributed by atoms with Crippen molar-refractivity contribution < 1.29 is 14.3 Å². The van der Waals surface area contributed by atoms with Crippen LogP contribution in [-0.2, 0) is 4.79 Å². The summed E-state index contributed by atoms with van der Waals surface area (Å²) in [4.78, 5) is 10.7. The maximum atomic E-state index is 10.7. The van der Waals surface area contributed by atoms with E-state index in [4.69, 9.17) is 9.52 Å². The first kappa shape index (κ1) is 11.8. The van der Waals surface area contributed by atoms with Gasteiger partial charge in [-0.25, -0.2) is 4.68 Å². The molecule has 0 radical (unpaired) electrons. The lowest BCUT2D eigenvalue weighted by molar-refractivity contribution is -0.137. The molecule has 0 saturated heterocycles. The number of nitrogens with zero attached hydrogens (tertiary/aromatic N) is 4. The monoisotopic (exact) mass is 300 g/mol. The molecule has 0 aliphatic carbocycles. The first-order valence-electron chi connectivity index (χ1n) is 4.82. The summed E-state index contributed by atoms with van der Waals surface area (Å²) >= 11 is 3.23. The van der Waals surface area contributed by atoms with Crippen molar-refractivity contribution in [2.75, 3.05) is 0 Å². The van der Waals surface area contributed by atoms with Gasteiger partial charge in [-0.15, -0.1) is 5.10 Å². The zero-order valence-electron chi connectivity index (χ0n) is 8.87. The molecule has 90 valence electrons. The van der Waals surface area contributed by atoms with Gasteiger partial charge in [0.1, 0.15) is 0 Å². The number of aliphatic carboxylic acids is 1. The van der Waals surface area contributed by atoms with Crippen molar-refractivity contribution in [2.45, 2.75) is 19.4 Å². The molecular weight excluding hydrogens is 292 g/mol. The summed E-state index contributed by atoms with van der Waals surface area (Å²) in [6.45, 7) is 1.74. The van der Waals surface area contributed by atoms with Crippen LogP contribution in [0.5, 0.6) is 0 Å². The molecule has 2 aromatic rings. The van der Waals surface area contributed by atoms with E-state index >= 15 is 0 Å². The number of carboxylic acids is 1. The molecule has 1 N–H and O–H groups in total. The molecule has 2 heterocycles. The highest BCUT2D eigenvalue weighted by atomic mass is 79.9. The van der Waals surface area contributed by atoms with Gasteiger partial charge in [-0.3, -0.25) is 4.79 Å². The van der Waals surface area contributed by atoms with Gasteiger partial charge in [0.15, 0.2) is 10.5 Å². The summed E-state index contributed by atoms with van der Waals surface area (Å²) in [6.07, 6.45) is 1.45. The lowest BCUT2D eigenvalue weighted by Crippen LogP contribution is -2.13. The maximum Gasteiger partial charge on any atom is 0.305 e. The number of aromatic nitrogens is 4. The fourth-order valence-electron chi connectivity index (χ4n) is 1.46. The molecule has 1 unspecified atom stereocenters. The van der Waals surface area contributed by atoms with Crippen LogP contribution < -0.4 is 0 Å². The standard InChI is InChI=1S/C9H9BrN4O3/c1-5(4-7(15)16)14-9(11-12-13-14)6-2-3-17-8(6)10/h2-3,5H,4H2,1H3,(H,15,16). The topological polar surface area (TPSA) is 94.0 Å². The molecule has 0 saturated carbocycles. The second-order valence-electron chi connectivity index (χ2n) is 3.50. The van der Waals surface area contributed by atoms with Gasteiger partial charge in [0.25, 0.3) is 0 Å². The summed E-state index contributed by atoms with van der Waals surface area (Å²) in [5.41, 5.74) is 0.687. The molecule has 2 rings (SSSR count). The molecule has 7 nitrogen and oxygen atoms in total. The largest absolute Gasteiger partial charge is 0.481 e. The highest BCUT2D eigenvalue weighted by Gasteiger charge is 2.19. The van der Waals surface area contributed by atoms with E-state index in [2.05, 4.69) is 31.5 Å². The van der Waals surface area contributed by atoms with Crippen LogP contribution in [0.15, 0.2) is 21.4 Å². The van der Waals surface area contributed by atoms with Crippen LogP contribution >= 0.6 is 15.9 Å². The molecule has 0 bridgehead atoms. The SMILES string of the molecule is CC(CC(=O)O)n1nnnc1-c1ccoc1Br. The third kappa shape index (κ3) is 2.36. The van der Waals surface area contributed by atoms with E-state index in [1.165, 1.54) is 10.9 Å². The van der Waals surface area contributed by atoms with E-state index in [1.54, 1.807) is 13.0 Å². The smallest absolute Gasteiger partial charge is 0.305 e. The van der Waals surface area contributed by atoms with Crippen molar-refractivity contribution in [3.63, 3.8) is 0 Å². The Balaban J connectivity index is 2.35.